The number of ether oxygens (including phenoxy) is 9. The highest BCUT2D eigenvalue weighted by Gasteiger charge is 2.18. The fourth-order valence-corrected chi connectivity index (χ4v) is 3.18. The molecule has 0 saturated carbocycles. The Morgan fingerprint density at radius 2 is 0.865 bits per heavy atom. The molecule has 0 N–H and O–H groups in total. The summed E-state index contributed by atoms with van der Waals surface area (Å²) in [6.45, 7) is 1.99. The SMILES string of the molecule is COc1cccc(C(=O)OCCOCCOCCOCCOC(=O)c2cccc(OC)c2OC)c1OC. The third-order valence-corrected chi connectivity index (χ3v) is 4.91. The number of para-hydroxylation sites is 2. The molecule has 0 aliphatic carbocycles. The van der Waals surface area contributed by atoms with Crippen molar-refractivity contribution in [1.29, 1.82) is 0 Å². The average Bonchev–Trinajstić information content (AvgIpc) is 2.93. The van der Waals surface area contributed by atoms with Gasteiger partial charge in [-0.2, -0.15) is 0 Å². The Kier molecular flexibility index (Phi) is 13.6. The van der Waals surface area contributed by atoms with Crippen LogP contribution in [0.4, 0.5) is 0 Å². The van der Waals surface area contributed by atoms with Crippen molar-refractivity contribution in [3.63, 3.8) is 0 Å². The Hall–Kier alpha value is -3.54. The predicted octanol–water partition coefficient (Wildman–Crippen LogP) is 2.78. The van der Waals surface area contributed by atoms with E-state index in [1.54, 1.807) is 36.4 Å². The smallest absolute Gasteiger partial charge is 0.342 e. The van der Waals surface area contributed by atoms with Gasteiger partial charge < -0.3 is 42.6 Å². The fraction of sp³-hybridized carbons (Fsp3) is 0.462. The number of methoxy groups -OCH3 is 4. The van der Waals surface area contributed by atoms with E-state index in [1.807, 2.05) is 0 Å². The van der Waals surface area contributed by atoms with Gasteiger partial charge in [-0.3, -0.25) is 0 Å². The molecule has 0 amide bonds. The molecule has 204 valence electrons. The van der Waals surface area contributed by atoms with Crippen molar-refractivity contribution < 1.29 is 52.2 Å². The largest absolute Gasteiger partial charge is 0.493 e. The number of esters is 2. The molecule has 0 atom stereocenters. The van der Waals surface area contributed by atoms with Gasteiger partial charge in [0.1, 0.15) is 24.3 Å². The van der Waals surface area contributed by atoms with Crippen molar-refractivity contribution in [3.05, 3.63) is 47.5 Å². The normalized spacial score (nSPS) is 10.5. The average molecular weight is 523 g/mol. The van der Waals surface area contributed by atoms with Gasteiger partial charge in [-0.25, -0.2) is 9.59 Å². The van der Waals surface area contributed by atoms with Gasteiger partial charge in [0.05, 0.1) is 68.1 Å². The van der Waals surface area contributed by atoms with Gasteiger partial charge in [-0.15, -0.1) is 0 Å². The minimum absolute atomic E-state index is 0.0860. The standard InChI is InChI=1S/C26H34O11/c1-29-21-9-5-7-19(23(21)31-3)25(27)36-17-15-34-13-11-33-12-14-35-16-18-37-26(28)20-8-6-10-22(30-2)24(20)32-4/h5-10H,11-18H2,1-4H3. The van der Waals surface area contributed by atoms with Crippen molar-refractivity contribution in [2.75, 3.05) is 81.3 Å². The first-order chi connectivity index (χ1) is 18.1. The lowest BCUT2D eigenvalue weighted by molar-refractivity contribution is -0.00683. The summed E-state index contributed by atoms with van der Waals surface area (Å²) in [5.74, 6) is 0.485. The maximum atomic E-state index is 12.2. The summed E-state index contributed by atoms with van der Waals surface area (Å²) in [5, 5.41) is 0. The van der Waals surface area contributed by atoms with Crippen molar-refractivity contribution in [2.24, 2.45) is 0 Å². The maximum absolute atomic E-state index is 12.2. The molecule has 11 heteroatoms. The van der Waals surface area contributed by atoms with E-state index in [4.69, 9.17) is 42.6 Å². The van der Waals surface area contributed by atoms with E-state index in [1.165, 1.54) is 28.4 Å². The summed E-state index contributed by atoms with van der Waals surface area (Å²) < 4.78 is 47.4. The molecule has 2 aromatic carbocycles. The molecule has 11 nitrogen and oxygen atoms in total. The van der Waals surface area contributed by atoms with E-state index >= 15 is 0 Å². The van der Waals surface area contributed by atoms with E-state index in [9.17, 15) is 9.59 Å². The lowest BCUT2D eigenvalue weighted by Crippen LogP contribution is -2.16. The lowest BCUT2D eigenvalue weighted by Gasteiger charge is -2.12. The van der Waals surface area contributed by atoms with Crippen molar-refractivity contribution in [3.8, 4) is 23.0 Å². The fourth-order valence-electron chi connectivity index (χ4n) is 3.18. The number of hydrogen-bond acceptors (Lipinski definition) is 11. The first kappa shape index (κ1) is 29.7. The topological polar surface area (TPSA) is 117 Å². The molecule has 2 rings (SSSR count). The van der Waals surface area contributed by atoms with Crippen LogP contribution in [0.15, 0.2) is 36.4 Å². The highest BCUT2D eigenvalue weighted by molar-refractivity contribution is 5.94. The molecule has 2 aromatic rings. The first-order valence-corrected chi connectivity index (χ1v) is 11.6. The predicted molar refractivity (Wildman–Crippen MR) is 132 cm³/mol. The zero-order chi connectivity index (χ0) is 26.9. The minimum atomic E-state index is -0.527. The van der Waals surface area contributed by atoms with Crippen molar-refractivity contribution in [1.82, 2.24) is 0 Å². The van der Waals surface area contributed by atoms with Crippen molar-refractivity contribution >= 4 is 11.9 Å². The first-order valence-electron chi connectivity index (χ1n) is 11.6. The summed E-state index contributed by atoms with van der Waals surface area (Å²) in [4.78, 5) is 24.5. The molecule has 0 saturated heterocycles. The molecule has 0 unspecified atom stereocenters. The van der Waals surface area contributed by atoms with Gasteiger partial charge in [0, 0.05) is 0 Å². The molecule has 0 heterocycles. The van der Waals surface area contributed by atoms with Gasteiger partial charge in [-0.1, -0.05) is 12.1 Å². The van der Waals surface area contributed by atoms with E-state index in [0.29, 0.717) is 49.4 Å². The Morgan fingerprint density at radius 3 is 1.19 bits per heavy atom. The van der Waals surface area contributed by atoms with Crippen LogP contribution in [0.1, 0.15) is 20.7 Å². The van der Waals surface area contributed by atoms with Gasteiger partial charge in [0.25, 0.3) is 0 Å². The summed E-state index contributed by atoms with van der Waals surface area (Å²) in [5.41, 5.74) is 0.556. The number of carbonyl (C=O) groups excluding carboxylic acids is 2. The molecule has 0 aliphatic rings. The molecule has 0 aromatic heterocycles. The van der Waals surface area contributed by atoms with Crippen LogP contribution in [0, 0.1) is 0 Å². The van der Waals surface area contributed by atoms with Crippen LogP contribution in [-0.4, -0.2) is 93.2 Å². The number of rotatable bonds is 18. The molecule has 37 heavy (non-hydrogen) atoms. The van der Waals surface area contributed by atoms with Crippen LogP contribution in [0.2, 0.25) is 0 Å². The zero-order valence-corrected chi connectivity index (χ0v) is 21.6. The van der Waals surface area contributed by atoms with E-state index in [0.717, 1.165) is 0 Å². The van der Waals surface area contributed by atoms with Crippen LogP contribution < -0.4 is 18.9 Å². The summed E-state index contributed by atoms with van der Waals surface area (Å²) >= 11 is 0. The molecule has 0 bridgehead atoms. The third kappa shape index (κ3) is 9.45. The van der Waals surface area contributed by atoms with Crippen molar-refractivity contribution in [2.45, 2.75) is 0 Å². The van der Waals surface area contributed by atoms with Crippen LogP contribution in [0.3, 0.4) is 0 Å². The number of carbonyl (C=O) groups is 2. The summed E-state index contributed by atoms with van der Waals surface area (Å²) in [6, 6.07) is 9.95. The number of hydrogen-bond donors (Lipinski definition) is 0. The maximum Gasteiger partial charge on any atom is 0.342 e. The molecular weight excluding hydrogens is 488 g/mol. The quantitative estimate of drug-likeness (QED) is 0.212. The van der Waals surface area contributed by atoms with Crippen LogP contribution in [0.5, 0.6) is 23.0 Å². The molecule has 0 spiro atoms. The second kappa shape index (κ2) is 17.0. The van der Waals surface area contributed by atoms with Gasteiger partial charge in [0.15, 0.2) is 23.0 Å². The Balaban J connectivity index is 1.48. The Bertz CT molecular complexity index is 899. The molecular formula is C26H34O11. The van der Waals surface area contributed by atoms with Crippen LogP contribution in [-0.2, 0) is 23.7 Å². The molecule has 0 radical (unpaired) electrons. The monoisotopic (exact) mass is 522 g/mol. The van der Waals surface area contributed by atoms with E-state index in [2.05, 4.69) is 0 Å². The third-order valence-electron chi connectivity index (χ3n) is 4.91. The molecule has 0 fully saturated rings. The van der Waals surface area contributed by atoms with E-state index < -0.39 is 11.9 Å². The van der Waals surface area contributed by atoms with Gasteiger partial charge >= 0.3 is 11.9 Å². The summed E-state index contributed by atoms with van der Waals surface area (Å²) in [7, 11) is 5.90. The van der Waals surface area contributed by atoms with E-state index in [-0.39, 0.29) is 37.6 Å². The van der Waals surface area contributed by atoms with Crippen LogP contribution in [0.25, 0.3) is 0 Å². The van der Waals surface area contributed by atoms with Gasteiger partial charge in [-0.05, 0) is 24.3 Å². The Morgan fingerprint density at radius 1 is 0.514 bits per heavy atom. The summed E-state index contributed by atoms with van der Waals surface area (Å²) in [6.07, 6.45) is 0. The Labute approximate surface area is 216 Å². The second-order valence-electron chi connectivity index (χ2n) is 7.19. The minimum Gasteiger partial charge on any atom is -0.493 e. The number of benzene rings is 2. The van der Waals surface area contributed by atoms with Crippen LogP contribution >= 0.6 is 0 Å². The lowest BCUT2D eigenvalue weighted by atomic mass is 10.2. The molecule has 0 aliphatic heterocycles. The highest BCUT2D eigenvalue weighted by Crippen LogP contribution is 2.32. The highest BCUT2D eigenvalue weighted by atomic mass is 16.6. The zero-order valence-electron chi connectivity index (χ0n) is 21.6. The van der Waals surface area contributed by atoms with Gasteiger partial charge in [0.2, 0.25) is 0 Å². The second-order valence-corrected chi connectivity index (χ2v) is 7.19.